The summed E-state index contributed by atoms with van der Waals surface area (Å²) < 4.78 is 43.0. The van der Waals surface area contributed by atoms with Crippen molar-refractivity contribution < 1.29 is 26.3 Å². The fourth-order valence-corrected chi connectivity index (χ4v) is 10.0. The number of esters is 1. The Kier molecular flexibility index (Phi) is 11.7. The zero-order valence-electron chi connectivity index (χ0n) is 24.0. The predicted octanol–water partition coefficient (Wildman–Crippen LogP) is 8.39. The molecule has 0 fully saturated rings. The van der Waals surface area contributed by atoms with Gasteiger partial charge >= 0.3 is 16.1 Å². The molecule has 0 amide bonds. The monoisotopic (exact) mass is 587 g/mol. The van der Waals surface area contributed by atoms with Crippen molar-refractivity contribution in [2.45, 2.75) is 86.5 Å². The Morgan fingerprint density at radius 3 is 1.75 bits per heavy atom. The second-order valence-electron chi connectivity index (χ2n) is 10.7. The second-order valence-corrected chi connectivity index (χ2v) is 15.4. The molecule has 218 valence electrons. The molecule has 8 heteroatoms. The molecule has 0 saturated heterocycles. The SMILES string of the molecule is CCCCCCCCS(=O)(=O)[OH+]S(c1ccccc1)(c1ccccc1)c1ccc(OCC(=O)OC(C)(C)C)cc1. The Bertz CT molecular complexity index is 1250. The van der Waals surface area contributed by atoms with Crippen molar-refractivity contribution in [3.8, 4) is 5.75 Å². The van der Waals surface area contributed by atoms with Gasteiger partial charge in [0.25, 0.3) is 0 Å². The van der Waals surface area contributed by atoms with Gasteiger partial charge < -0.3 is 9.47 Å². The average molecular weight is 588 g/mol. The van der Waals surface area contributed by atoms with Crippen molar-refractivity contribution in [2.24, 2.45) is 0 Å². The molecule has 3 rings (SSSR count). The molecule has 0 spiro atoms. The summed E-state index contributed by atoms with van der Waals surface area (Å²) >= 11 is 0. The minimum Gasteiger partial charge on any atom is -0.482 e. The zero-order valence-corrected chi connectivity index (χ0v) is 25.7. The molecule has 1 N–H and O–H groups in total. The molecule has 0 atom stereocenters. The first-order valence-corrected chi connectivity index (χ1v) is 17.1. The van der Waals surface area contributed by atoms with Crippen LogP contribution in [0.25, 0.3) is 0 Å². The maximum atomic E-state index is 13.6. The highest BCUT2D eigenvalue weighted by Gasteiger charge is 2.42. The molecule has 6 nitrogen and oxygen atoms in total. The summed E-state index contributed by atoms with van der Waals surface area (Å²) in [4.78, 5) is 14.5. The van der Waals surface area contributed by atoms with Crippen LogP contribution in [-0.2, 0) is 19.6 Å². The second kappa shape index (κ2) is 14.7. The number of ether oxygens (including phenoxy) is 2. The number of carbonyl (C=O) groups excluding carboxylic acids is 1. The van der Waals surface area contributed by atoms with Crippen LogP contribution in [0.15, 0.2) is 99.6 Å². The van der Waals surface area contributed by atoms with Crippen molar-refractivity contribution in [3.63, 3.8) is 0 Å². The number of rotatable bonds is 15. The van der Waals surface area contributed by atoms with Crippen molar-refractivity contribution >= 4 is 26.4 Å². The van der Waals surface area contributed by atoms with E-state index in [-0.39, 0.29) is 12.4 Å². The molecule has 0 saturated carbocycles. The smallest absolute Gasteiger partial charge is 0.390 e. The Hall–Kier alpha value is -2.81. The molecular formula is C32H43O6S2+. The third-order valence-electron chi connectivity index (χ3n) is 6.09. The van der Waals surface area contributed by atoms with Crippen LogP contribution in [0.3, 0.4) is 0 Å². The molecule has 0 aromatic heterocycles. The fourth-order valence-electron chi connectivity index (χ4n) is 4.29. The standard InChI is InChI=1S/C32H42O6S2/c1-5-6-7-8-9-16-25-39(34,35)38-40(28-17-12-10-13-18-28,29-19-14-11-15-20-29)30-23-21-27(22-24-30)36-26-31(33)37-32(2,3)4/h10-15,17-24H,5-9,16,25-26H2,1-4H3/p+1. The molecular weight excluding hydrogens is 544 g/mol. The lowest BCUT2D eigenvalue weighted by molar-refractivity contribution is -0.157. The molecule has 3 aromatic carbocycles. The van der Waals surface area contributed by atoms with E-state index in [0.717, 1.165) is 40.4 Å². The summed E-state index contributed by atoms with van der Waals surface area (Å²) in [6, 6.07) is 26.5. The molecule has 0 heterocycles. The highest BCUT2D eigenvalue weighted by molar-refractivity contribution is 8.32. The van der Waals surface area contributed by atoms with E-state index in [4.69, 9.17) is 13.1 Å². The van der Waals surface area contributed by atoms with Crippen LogP contribution >= 0.6 is 10.3 Å². The van der Waals surface area contributed by atoms with Crippen LogP contribution in [0.1, 0.15) is 66.2 Å². The summed E-state index contributed by atoms with van der Waals surface area (Å²) in [5.41, 5.74) is -0.596. The maximum Gasteiger partial charge on any atom is 0.390 e. The van der Waals surface area contributed by atoms with Crippen molar-refractivity contribution in [2.75, 3.05) is 12.4 Å². The van der Waals surface area contributed by atoms with Gasteiger partial charge in [0.1, 0.15) is 17.1 Å². The van der Waals surface area contributed by atoms with Crippen LogP contribution in [-0.4, -0.2) is 36.0 Å². The highest BCUT2D eigenvalue weighted by atomic mass is 32.3. The topological polar surface area (TPSA) is 82.5 Å². The number of carbonyl (C=O) groups is 1. The van der Waals surface area contributed by atoms with E-state index in [2.05, 4.69) is 6.92 Å². The van der Waals surface area contributed by atoms with Crippen molar-refractivity contribution in [1.82, 2.24) is 0 Å². The van der Waals surface area contributed by atoms with E-state index >= 15 is 0 Å². The van der Waals surface area contributed by atoms with E-state index in [9.17, 15) is 13.2 Å². The lowest BCUT2D eigenvalue weighted by Crippen LogP contribution is -2.27. The number of hydrogen-bond donors (Lipinski definition) is 0. The summed E-state index contributed by atoms with van der Waals surface area (Å²) in [7, 11) is -6.28. The van der Waals surface area contributed by atoms with E-state index < -0.39 is 32.0 Å². The maximum absolute atomic E-state index is 13.6. The lowest BCUT2D eigenvalue weighted by Gasteiger charge is -2.34. The van der Waals surface area contributed by atoms with Crippen LogP contribution in [0.2, 0.25) is 0 Å². The molecule has 3 aromatic rings. The predicted molar refractivity (Wildman–Crippen MR) is 163 cm³/mol. The van der Waals surface area contributed by atoms with Crippen LogP contribution in [0.4, 0.5) is 0 Å². The van der Waals surface area contributed by atoms with Gasteiger partial charge in [-0.3, -0.25) is 3.63 Å². The molecule has 0 aliphatic heterocycles. The molecule has 0 aliphatic carbocycles. The Labute approximate surface area is 241 Å². The summed E-state index contributed by atoms with van der Waals surface area (Å²) in [5, 5.41) is 0. The van der Waals surface area contributed by atoms with E-state index in [0.29, 0.717) is 12.2 Å². The molecule has 0 radical (unpaired) electrons. The van der Waals surface area contributed by atoms with Gasteiger partial charge in [0.15, 0.2) is 6.61 Å². The normalized spacial score (nSPS) is 12.6. The molecule has 0 unspecified atom stereocenters. The number of hydrogen-bond acceptors (Lipinski definition) is 5. The summed E-state index contributed by atoms with van der Waals surface area (Å²) in [6.07, 6.45) is 5.94. The largest absolute Gasteiger partial charge is 0.482 e. The van der Waals surface area contributed by atoms with Gasteiger partial charge in [-0.25, -0.2) is 4.79 Å². The lowest BCUT2D eigenvalue weighted by atomic mass is 10.1. The van der Waals surface area contributed by atoms with E-state index in [1.54, 1.807) is 32.9 Å². The Balaban J connectivity index is 1.94. The van der Waals surface area contributed by atoms with E-state index in [1.807, 2.05) is 72.8 Å². The number of unbranched alkanes of at least 4 members (excludes halogenated alkanes) is 5. The van der Waals surface area contributed by atoms with Gasteiger partial charge in [0.05, 0.1) is 25.0 Å². The van der Waals surface area contributed by atoms with Gasteiger partial charge in [-0.2, -0.15) is 8.42 Å². The van der Waals surface area contributed by atoms with Crippen LogP contribution in [0.5, 0.6) is 5.75 Å². The fraction of sp³-hybridized carbons (Fsp3) is 0.406. The Morgan fingerprint density at radius 2 is 1.23 bits per heavy atom. The van der Waals surface area contributed by atoms with Gasteiger partial charge in [0.2, 0.25) is 0 Å². The van der Waals surface area contributed by atoms with Crippen molar-refractivity contribution in [3.05, 3.63) is 84.9 Å². The highest BCUT2D eigenvalue weighted by Crippen LogP contribution is 2.68. The summed E-state index contributed by atoms with van der Waals surface area (Å²) in [5.74, 6) is 0.0461. The Morgan fingerprint density at radius 1 is 0.725 bits per heavy atom. The molecule has 0 bridgehead atoms. The minimum atomic E-state index is -3.76. The van der Waals surface area contributed by atoms with Gasteiger partial charge in [0, 0.05) is 0 Å². The molecule has 0 aliphatic rings. The number of benzene rings is 3. The van der Waals surface area contributed by atoms with Gasteiger partial charge in [-0.15, -0.1) is 0 Å². The third kappa shape index (κ3) is 9.39. The average Bonchev–Trinajstić information content (AvgIpc) is 2.93. The van der Waals surface area contributed by atoms with Crippen molar-refractivity contribution in [1.29, 1.82) is 0 Å². The first kappa shape index (κ1) is 31.7. The minimum absolute atomic E-state index is 0.0185. The van der Waals surface area contributed by atoms with E-state index in [1.165, 1.54) is 6.42 Å². The first-order valence-electron chi connectivity index (χ1n) is 13.9. The zero-order chi connectivity index (χ0) is 29.1. The van der Waals surface area contributed by atoms with Crippen LogP contribution < -0.4 is 4.74 Å². The van der Waals surface area contributed by atoms with Gasteiger partial charge in [-0.05, 0) is 75.7 Å². The third-order valence-corrected chi connectivity index (χ3v) is 11.6. The van der Waals surface area contributed by atoms with Gasteiger partial charge in [-0.1, -0.05) is 75.4 Å². The molecule has 40 heavy (non-hydrogen) atoms. The summed E-state index contributed by atoms with van der Waals surface area (Å²) in [6.45, 7) is 7.36. The quantitative estimate of drug-likeness (QED) is 0.0772. The first-order chi connectivity index (χ1) is 19.1. The van der Waals surface area contributed by atoms with Crippen LogP contribution in [0, 0.1) is 0 Å².